The summed E-state index contributed by atoms with van der Waals surface area (Å²) in [6, 6.07) is 10.5. The summed E-state index contributed by atoms with van der Waals surface area (Å²) in [5, 5.41) is 1.93. The van der Waals surface area contributed by atoms with E-state index in [1.54, 1.807) is 13.8 Å². The van der Waals surface area contributed by atoms with E-state index in [4.69, 9.17) is 9.15 Å². The summed E-state index contributed by atoms with van der Waals surface area (Å²) in [4.78, 5) is 18.2. The number of sulfonamides is 1. The van der Waals surface area contributed by atoms with E-state index >= 15 is 0 Å². The number of benzene rings is 1. The van der Waals surface area contributed by atoms with Gasteiger partial charge in [-0.15, -0.1) is 11.3 Å². The first-order valence-electron chi connectivity index (χ1n) is 9.62. The fraction of sp³-hybridized carbons (Fsp3) is 0.333. The molecule has 7 nitrogen and oxygen atoms in total. The van der Waals surface area contributed by atoms with Crippen molar-refractivity contribution in [3.05, 3.63) is 64.4 Å². The molecule has 2 aromatic heterocycles. The molecule has 0 spiro atoms. The lowest BCUT2D eigenvalue weighted by atomic mass is 9.96. The molecule has 158 valence electrons. The zero-order chi connectivity index (χ0) is 21.3. The van der Waals surface area contributed by atoms with Gasteiger partial charge in [0.05, 0.1) is 10.6 Å². The van der Waals surface area contributed by atoms with Gasteiger partial charge in [-0.05, 0) is 36.4 Å². The molecule has 0 aliphatic carbocycles. The number of oxazole rings is 1. The molecule has 3 heterocycles. The first kappa shape index (κ1) is 20.8. The third-order valence-corrected chi connectivity index (χ3v) is 7.86. The number of nitrogens with zero attached hydrogens (tertiary/aromatic N) is 2. The van der Waals surface area contributed by atoms with Gasteiger partial charge in [0.1, 0.15) is 24.1 Å². The Morgan fingerprint density at radius 3 is 2.73 bits per heavy atom. The van der Waals surface area contributed by atoms with Gasteiger partial charge < -0.3 is 9.15 Å². The Labute approximate surface area is 179 Å². The summed E-state index contributed by atoms with van der Waals surface area (Å²) in [7, 11) is -3.58. The predicted octanol–water partition coefficient (Wildman–Crippen LogP) is 3.53. The highest BCUT2D eigenvalue weighted by Gasteiger charge is 2.39. The molecule has 9 heteroatoms. The average molecular weight is 447 g/mol. The molecule has 1 unspecified atom stereocenters. The molecule has 0 fully saturated rings. The molecule has 1 aliphatic rings. The molecule has 0 saturated carbocycles. The van der Waals surface area contributed by atoms with E-state index in [1.165, 1.54) is 15.6 Å². The lowest BCUT2D eigenvalue weighted by Gasteiger charge is -2.34. The van der Waals surface area contributed by atoms with E-state index in [0.717, 1.165) is 16.0 Å². The zero-order valence-corrected chi connectivity index (χ0v) is 18.3. The molecule has 0 saturated heterocycles. The fourth-order valence-corrected chi connectivity index (χ4v) is 5.33. The molecule has 0 radical (unpaired) electrons. The van der Waals surface area contributed by atoms with Gasteiger partial charge in [-0.1, -0.05) is 30.3 Å². The quantitative estimate of drug-likeness (QED) is 0.538. The molecule has 4 rings (SSSR count). The van der Waals surface area contributed by atoms with Gasteiger partial charge in [0, 0.05) is 13.0 Å². The van der Waals surface area contributed by atoms with E-state index in [0.29, 0.717) is 17.3 Å². The van der Waals surface area contributed by atoms with Gasteiger partial charge in [0.15, 0.2) is 0 Å². The number of carbonyl (C=O) groups excluding carboxylic acids is 1. The fourth-order valence-electron chi connectivity index (χ4n) is 3.46. The Hall–Kier alpha value is -2.49. The van der Waals surface area contributed by atoms with Crippen LogP contribution in [0.25, 0.3) is 10.8 Å². The average Bonchev–Trinajstić information content (AvgIpc) is 3.41. The number of esters is 1. The molecular formula is C21H22N2O5S2. The van der Waals surface area contributed by atoms with Crippen molar-refractivity contribution in [1.29, 1.82) is 0 Å². The normalized spacial score (nSPS) is 16.9. The number of carbonyl (C=O) groups is 1. The summed E-state index contributed by atoms with van der Waals surface area (Å²) < 4.78 is 37.7. The van der Waals surface area contributed by atoms with Crippen molar-refractivity contribution in [2.75, 3.05) is 5.75 Å². The molecule has 1 aromatic carbocycles. The SMILES string of the molecule is CCS(=O)(=O)N1Cc2ccccc2CC1C(=O)OCc1nc(-c2cccs2)oc1C. The summed E-state index contributed by atoms with van der Waals surface area (Å²) in [5.41, 5.74) is 2.39. The summed E-state index contributed by atoms with van der Waals surface area (Å²) in [5.74, 6) is 0.390. The summed E-state index contributed by atoms with van der Waals surface area (Å²) >= 11 is 1.51. The van der Waals surface area contributed by atoms with Crippen LogP contribution in [0, 0.1) is 6.92 Å². The highest BCUT2D eigenvalue weighted by Crippen LogP contribution is 2.28. The standard InChI is InChI=1S/C21H22N2O5S2/c1-3-30(25,26)23-12-16-8-5-4-7-15(16)11-18(23)21(24)27-13-17-14(2)28-20(22-17)19-9-6-10-29-19/h4-10,18H,3,11-13H2,1-2H3. The molecule has 1 atom stereocenters. The van der Waals surface area contributed by atoms with Gasteiger partial charge in [-0.2, -0.15) is 4.31 Å². The van der Waals surface area contributed by atoms with E-state index in [9.17, 15) is 13.2 Å². The van der Waals surface area contributed by atoms with Crippen molar-refractivity contribution in [2.45, 2.75) is 39.5 Å². The monoisotopic (exact) mass is 446 g/mol. The van der Waals surface area contributed by atoms with Gasteiger partial charge in [-0.3, -0.25) is 4.79 Å². The van der Waals surface area contributed by atoms with Crippen LogP contribution in [0.3, 0.4) is 0 Å². The second kappa shape index (κ2) is 8.33. The maximum atomic E-state index is 12.9. The van der Waals surface area contributed by atoms with Crippen molar-refractivity contribution in [3.63, 3.8) is 0 Å². The van der Waals surface area contributed by atoms with Crippen molar-refractivity contribution >= 4 is 27.3 Å². The first-order valence-corrected chi connectivity index (χ1v) is 12.1. The second-order valence-electron chi connectivity index (χ2n) is 7.04. The number of aryl methyl sites for hydroxylation is 1. The van der Waals surface area contributed by atoms with Crippen LogP contribution in [-0.2, 0) is 39.1 Å². The third-order valence-electron chi connectivity index (χ3n) is 5.18. The van der Waals surface area contributed by atoms with Crippen LogP contribution in [0.4, 0.5) is 0 Å². The Kier molecular flexibility index (Phi) is 5.77. The molecule has 0 bridgehead atoms. The van der Waals surface area contributed by atoms with Crippen LogP contribution in [0.15, 0.2) is 46.2 Å². The van der Waals surface area contributed by atoms with Crippen molar-refractivity contribution < 1.29 is 22.4 Å². The van der Waals surface area contributed by atoms with Crippen molar-refractivity contribution in [1.82, 2.24) is 9.29 Å². The molecule has 3 aromatic rings. The number of ether oxygens (including phenoxy) is 1. The minimum absolute atomic E-state index is 0.0717. The van der Waals surface area contributed by atoms with Crippen LogP contribution in [0.2, 0.25) is 0 Å². The molecule has 0 N–H and O–H groups in total. The van der Waals surface area contributed by atoms with Gasteiger partial charge >= 0.3 is 5.97 Å². The highest BCUT2D eigenvalue weighted by atomic mass is 32.2. The maximum Gasteiger partial charge on any atom is 0.325 e. The largest absolute Gasteiger partial charge is 0.458 e. The Morgan fingerprint density at radius 2 is 2.03 bits per heavy atom. The zero-order valence-electron chi connectivity index (χ0n) is 16.7. The van der Waals surface area contributed by atoms with E-state index < -0.39 is 22.0 Å². The molecule has 0 amide bonds. The van der Waals surface area contributed by atoms with Crippen LogP contribution in [-0.4, -0.2) is 35.5 Å². The number of hydrogen-bond acceptors (Lipinski definition) is 7. The van der Waals surface area contributed by atoms with Crippen LogP contribution >= 0.6 is 11.3 Å². The van der Waals surface area contributed by atoms with Crippen molar-refractivity contribution in [3.8, 4) is 10.8 Å². The van der Waals surface area contributed by atoms with Crippen LogP contribution in [0.1, 0.15) is 29.5 Å². The van der Waals surface area contributed by atoms with Gasteiger partial charge in [-0.25, -0.2) is 13.4 Å². The smallest absolute Gasteiger partial charge is 0.325 e. The van der Waals surface area contributed by atoms with Crippen LogP contribution in [0.5, 0.6) is 0 Å². The highest BCUT2D eigenvalue weighted by molar-refractivity contribution is 7.89. The Morgan fingerprint density at radius 1 is 1.27 bits per heavy atom. The number of thiophene rings is 1. The molecule has 1 aliphatic heterocycles. The van der Waals surface area contributed by atoms with Gasteiger partial charge in [0.25, 0.3) is 0 Å². The Balaban J connectivity index is 1.53. The van der Waals surface area contributed by atoms with Crippen LogP contribution < -0.4 is 0 Å². The van der Waals surface area contributed by atoms with Gasteiger partial charge in [0.2, 0.25) is 15.9 Å². The number of fused-ring (bicyclic) bond motifs is 1. The van der Waals surface area contributed by atoms with E-state index in [2.05, 4.69) is 4.98 Å². The number of aromatic nitrogens is 1. The number of hydrogen-bond donors (Lipinski definition) is 0. The predicted molar refractivity (Wildman–Crippen MR) is 113 cm³/mol. The maximum absolute atomic E-state index is 12.9. The summed E-state index contributed by atoms with van der Waals surface area (Å²) in [6.07, 6.45) is 0.284. The lowest BCUT2D eigenvalue weighted by molar-refractivity contribution is -0.150. The molecule has 30 heavy (non-hydrogen) atoms. The van der Waals surface area contributed by atoms with Crippen molar-refractivity contribution in [2.24, 2.45) is 0 Å². The molecular weight excluding hydrogens is 424 g/mol. The second-order valence-corrected chi connectivity index (χ2v) is 10.2. The minimum Gasteiger partial charge on any atom is -0.458 e. The van der Waals surface area contributed by atoms with E-state index in [1.807, 2.05) is 41.8 Å². The van der Waals surface area contributed by atoms with E-state index in [-0.39, 0.29) is 25.3 Å². The third kappa shape index (κ3) is 4.05. The first-order chi connectivity index (χ1) is 14.4. The Bertz CT molecular complexity index is 1150. The lowest BCUT2D eigenvalue weighted by Crippen LogP contribution is -2.49. The summed E-state index contributed by atoms with van der Waals surface area (Å²) in [6.45, 7) is 3.43. The minimum atomic E-state index is -3.58. The topological polar surface area (TPSA) is 89.7 Å². The number of rotatable bonds is 6.